The maximum absolute atomic E-state index is 5.43. The van der Waals surface area contributed by atoms with Crippen LogP contribution in [0.3, 0.4) is 0 Å². The van der Waals surface area contributed by atoms with Crippen LogP contribution < -0.4 is 5.73 Å². The van der Waals surface area contributed by atoms with Gasteiger partial charge >= 0.3 is 0 Å². The Morgan fingerprint density at radius 2 is 2.43 bits per heavy atom. The Bertz CT molecular complexity index is 109. The predicted molar refractivity (Wildman–Crippen MR) is 26.6 cm³/mol. The third-order valence-corrected chi connectivity index (χ3v) is 0.752. The molecule has 1 rings (SSSR count). The highest BCUT2D eigenvalue weighted by Crippen LogP contribution is 2.09. The van der Waals surface area contributed by atoms with E-state index < -0.39 is 5.66 Å². The van der Waals surface area contributed by atoms with E-state index in [2.05, 4.69) is 10.2 Å². The summed E-state index contributed by atoms with van der Waals surface area (Å²) < 4.78 is 0. The van der Waals surface area contributed by atoms with Crippen molar-refractivity contribution in [1.29, 1.82) is 0 Å². The highest BCUT2D eigenvalue weighted by molar-refractivity contribution is 5.02. The van der Waals surface area contributed by atoms with Crippen LogP contribution in [0.1, 0.15) is 6.92 Å². The summed E-state index contributed by atoms with van der Waals surface area (Å²) in [5, 5.41) is 7.22. The maximum Gasteiger partial charge on any atom is 0.147 e. The Kier molecular flexibility index (Phi) is 0.722. The van der Waals surface area contributed by atoms with Crippen molar-refractivity contribution in [3.05, 3.63) is 12.3 Å². The molecule has 1 atom stereocenters. The fourth-order valence-electron chi connectivity index (χ4n) is 0.375. The zero-order valence-electron chi connectivity index (χ0n) is 4.13. The lowest BCUT2D eigenvalue weighted by Crippen LogP contribution is -2.28. The highest BCUT2D eigenvalue weighted by atomic mass is 15.2. The van der Waals surface area contributed by atoms with E-state index >= 15 is 0 Å². The van der Waals surface area contributed by atoms with Gasteiger partial charge in [-0.3, -0.25) is 0 Å². The molecular weight excluding hydrogens is 90.1 g/mol. The molecular formula is C4H7N3. The first-order valence-corrected chi connectivity index (χ1v) is 2.09. The van der Waals surface area contributed by atoms with Crippen molar-refractivity contribution in [2.45, 2.75) is 12.6 Å². The van der Waals surface area contributed by atoms with Crippen LogP contribution in [-0.2, 0) is 0 Å². The van der Waals surface area contributed by atoms with Gasteiger partial charge in [-0.25, -0.2) is 0 Å². The summed E-state index contributed by atoms with van der Waals surface area (Å²) >= 11 is 0. The van der Waals surface area contributed by atoms with Crippen LogP contribution in [0.2, 0.25) is 0 Å². The van der Waals surface area contributed by atoms with Crippen LogP contribution in [-0.4, -0.2) is 5.66 Å². The Morgan fingerprint density at radius 3 is 2.57 bits per heavy atom. The van der Waals surface area contributed by atoms with Gasteiger partial charge in [0.2, 0.25) is 0 Å². The Morgan fingerprint density at radius 1 is 1.71 bits per heavy atom. The molecule has 0 radical (unpaired) electrons. The maximum atomic E-state index is 5.43. The van der Waals surface area contributed by atoms with Crippen molar-refractivity contribution < 1.29 is 0 Å². The van der Waals surface area contributed by atoms with Crippen molar-refractivity contribution in [3.63, 3.8) is 0 Å². The van der Waals surface area contributed by atoms with Gasteiger partial charge in [-0.15, -0.1) is 0 Å². The minimum Gasteiger partial charge on any atom is -0.303 e. The molecule has 1 aliphatic rings. The Hall–Kier alpha value is -0.700. The van der Waals surface area contributed by atoms with E-state index in [4.69, 9.17) is 5.73 Å². The molecule has 3 heteroatoms. The minimum absolute atomic E-state index is 0.528. The normalized spacial score (nSPS) is 37.4. The summed E-state index contributed by atoms with van der Waals surface area (Å²) in [6, 6.07) is 0. The number of azo groups is 1. The second kappa shape index (κ2) is 1.13. The summed E-state index contributed by atoms with van der Waals surface area (Å²) in [6.45, 7) is 1.79. The fraction of sp³-hybridized carbons (Fsp3) is 0.500. The van der Waals surface area contributed by atoms with Gasteiger partial charge in [0.15, 0.2) is 0 Å². The molecule has 0 unspecified atom stereocenters. The molecule has 1 heterocycles. The molecule has 0 spiro atoms. The lowest BCUT2D eigenvalue weighted by molar-refractivity contribution is 0.609. The SMILES string of the molecule is C[C@@]1(N)C=CN=N1. The number of hydrogen-bond acceptors (Lipinski definition) is 3. The summed E-state index contributed by atoms with van der Waals surface area (Å²) in [4.78, 5) is 0. The largest absolute Gasteiger partial charge is 0.303 e. The van der Waals surface area contributed by atoms with Crippen LogP contribution in [0.4, 0.5) is 0 Å². The van der Waals surface area contributed by atoms with Crippen LogP contribution in [0.15, 0.2) is 22.5 Å². The monoisotopic (exact) mass is 97.1 g/mol. The minimum atomic E-state index is -0.528. The first kappa shape index (κ1) is 4.46. The predicted octanol–water partition coefficient (Wildman–Crippen LogP) is 0.641. The molecule has 0 saturated carbocycles. The van der Waals surface area contributed by atoms with Gasteiger partial charge in [-0.2, -0.15) is 10.2 Å². The van der Waals surface area contributed by atoms with Crippen molar-refractivity contribution in [3.8, 4) is 0 Å². The van der Waals surface area contributed by atoms with Gasteiger partial charge < -0.3 is 5.73 Å². The standard InChI is InChI=1S/C4H7N3/c1-4(5)2-3-6-7-4/h2-3H,5H2,1H3/t4-/m0/s1. The van der Waals surface area contributed by atoms with Gasteiger partial charge in [0.25, 0.3) is 0 Å². The third kappa shape index (κ3) is 0.838. The first-order valence-electron chi connectivity index (χ1n) is 2.09. The van der Waals surface area contributed by atoms with Crippen molar-refractivity contribution in [2.75, 3.05) is 0 Å². The zero-order valence-corrected chi connectivity index (χ0v) is 4.13. The van der Waals surface area contributed by atoms with Crippen molar-refractivity contribution in [2.24, 2.45) is 16.0 Å². The van der Waals surface area contributed by atoms with Crippen LogP contribution >= 0.6 is 0 Å². The lowest BCUT2D eigenvalue weighted by Gasteiger charge is -2.04. The lowest BCUT2D eigenvalue weighted by atomic mass is 10.2. The molecule has 7 heavy (non-hydrogen) atoms. The molecule has 3 nitrogen and oxygen atoms in total. The first-order chi connectivity index (χ1) is 3.21. The molecule has 0 aliphatic carbocycles. The summed E-state index contributed by atoms with van der Waals surface area (Å²) in [6.07, 6.45) is 3.34. The molecule has 0 amide bonds. The second-order valence-corrected chi connectivity index (χ2v) is 1.76. The van der Waals surface area contributed by atoms with Gasteiger partial charge in [-0.1, -0.05) is 0 Å². The summed E-state index contributed by atoms with van der Waals surface area (Å²) in [5.74, 6) is 0. The Balaban J connectivity index is 2.77. The van der Waals surface area contributed by atoms with Crippen LogP contribution in [0.25, 0.3) is 0 Å². The smallest absolute Gasteiger partial charge is 0.147 e. The molecule has 0 aromatic carbocycles. The molecule has 0 fully saturated rings. The molecule has 0 saturated heterocycles. The third-order valence-electron chi connectivity index (χ3n) is 0.752. The van der Waals surface area contributed by atoms with E-state index in [1.807, 2.05) is 0 Å². The van der Waals surface area contributed by atoms with E-state index in [1.54, 1.807) is 19.2 Å². The van der Waals surface area contributed by atoms with E-state index in [-0.39, 0.29) is 0 Å². The highest BCUT2D eigenvalue weighted by Gasteiger charge is 2.14. The van der Waals surface area contributed by atoms with E-state index in [0.717, 1.165) is 0 Å². The van der Waals surface area contributed by atoms with Gasteiger partial charge in [0.05, 0.1) is 0 Å². The van der Waals surface area contributed by atoms with Gasteiger partial charge in [0.1, 0.15) is 5.66 Å². The molecule has 2 N–H and O–H groups in total. The second-order valence-electron chi connectivity index (χ2n) is 1.76. The number of rotatable bonds is 0. The van der Waals surface area contributed by atoms with Gasteiger partial charge in [-0.05, 0) is 13.0 Å². The summed E-state index contributed by atoms with van der Waals surface area (Å²) in [7, 11) is 0. The number of nitrogens with two attached hydrogens (primary N) is 1. The zero-order chi connectivity index (χ0) is 5.33. The quantitative estimate of drug-likeness (QED) is 0.473. The average molecular weight is 97.1 g/mol. The molecule has 38 valence electrons. The van der Waals surface area contributed by atoms with Crippen LogP contribution in [0.5, 0.6) is 0 Å². The Labute approximate surface area is 41.9 Å². The molecule has 0 aromatic heterocycles. The molecule has 0 bridgehead atoms. The number of nitrogens with zero attached hydrogens (tertiary/aromatic N) is 2. The van der Waals surface area contributed by atoms with E-state index in [0.29, 0.717) is 0 Å². The fourth-order valence-corrected chi connectivity index (χ4v) is 0.375. The van der Waals surface area contributed by atoms with Crippen LogP contribution in [0, 0.1) is 0 Å². The summed E-state index contributed by atoms with van der Waals surface area (Å²) in [5.41, 5.74) is 4.90. The number of hydrogen-bond donors (Lipinski definition) is 1. The van der Waals surface area contributed by atoms with E-state index in [1.165, 1.54) is 0 Å². The topological polar surface area (TPSA) is 50.7 Å². The van der Waals surface area contributed by atoms with Crippen molar-refractivity contribution >= 4 is 0 Å². The average Bonchev–Trinajstić information content (AvgIpc) is 1.84. The van der Waals surface area contributed by atoms with Crippen molar-refractivity contribution in [1.82, 2.24) is 0 Å². The van der Waals surface area contributed by atoms with E-state index in [9.17, 15) is 0 Å². The molecule has 1 aliphatic heterocycles. The van der Waals surface area contributed by atoms with Gasteiger partial charge in [0, 0.05) is 6.20 Å². The molecule has 0 aromatic rings.